The maximum Gasteiger partial charge on any atom is 0.0607 e. The van der Waals surface area contributed by atoms with Gasteiger partial charge in [-0.2, -0.15) is 0 Å². The van der Waals surface area contributed by atoms with Crippen molar-refractivity contribution in [1.29, 1.82) is 0 Å². The molecule has 2 heteroatoms. The van der Waals surface area contributed by atoms with E-state index in [4.69, 9.17) is 5.73 Å². The van der Waals surface area contributed by atoms with Gasteiger partial charge in [-0.25, -0.2) is 0 Å². The molecule has 66 valence electrons. The van der Waals surface area contributed by atoms with Crippen molar-refractivity contribution >= 4 is 8.80 Å². The smallest absolute Gasteiger partial charge is 0.0607 e. The van der Waals surface area contributed by atoms with Gasteiger partial charge >= 0.3 is 0 Å². The predicted octanol–water partition coefficient (Wildman–Crippen LogP) is 2.09. The molecule has 0 aliphatic heterocycles. The molecule has 0 aliphatic carbocycles. The van der Waals surface area contributed by atoms with E-state index in [1.807, 2.05) is 0 Å². The third-order valence-electron chi connectivity index (χ3n) is 2.02. The Morgan fingerprint density at radius 2 is 2.09 bits per heavy atom. The number of hydrogen-bond acceptors (Lipinski definition) is 1. The van der Waals surface area contributed by atoms with Crippen LogP contribution < -0.4 is 5.73 Å². The SMILES string of the molecule is C=C[SiH](CCC)CCCCN. The molecule has 0 saturated heterocycles. The molecule has 1 nitrogen and oxygen atoms in total. The Morgan fingerprint density at radius 3 is 2.55 bits per heavy atom. The van der Waals surface area contributed by atoms with Crippen LogP contribution in [0.25, 0.3) is 0 Å². The molecule has 0 spiro atoms. The zero-order valence-corrected chi connectivity index (χ0v) is 8.84. The third-order valence-corrected chi connectivity index (χ3v) is 5.16. The molecule has 1 atom stereocenters. The summed E-state index contributed by atoms with van der Waals surface area (Å²) >= 11 is 0. The van der Waals surface area contributed by atoms with Crippen molar-refractivity contribution in [3.05, 3.63) is 12.3 Å². The second-order valence-electron chi connectivity index (χ2n) is 3.07. The maximum absolute atomic E-state index is 5.42. The maximum atomic E-state index is 5.42. The molecule has 0 radical (unpaired) electrons. The summed E-state index contributed by atoms with van der Waals surface area (Å²) in [4.78, 5) is 0. The topological polar surface area (TPSA) is 26.0 Å². The van der Waals surface area contributed by atoms with Crippen molar-refractivity contribution in [2.75, 3.05) is 6.54 Å². The van der Waals surface area contributed by atoms with E-state index < -0.39 is 8.80 Å². The van der Waals surface area contributed by atoms with Crippen LogP contribution in [0.2, 0.25) is 12.1 Å². The fraction of sp³-hybridized carbons (Fsp3) is 0.778. The number of unbranched alkanes of at least 4 members (excludes halogenated alkanes) is 1. The first-order valence-electron chi connectivity index (χ1n) is 4.67. The minimum atomic E-state index is -0.536. The second-order valence-corrected chi connectivity index (χ2v) is 6.22. The van der Waals surface area contributed by atoms with Gasteiger partial charge in [0.15, 0.2) is 0 Å². The molecule has 0 bridgehead atoms. The van der Waals surface area contributed by atoms with E-state index in [0.29, 0.717) is 0 Å². The van der Waals surface area contributed by atoms with Crippen LogP contribution in [0, 0.1) is 0 Å². The van der Waals surface area contributed by atoms with E-state index in [1.54, 1.807) is 0 Å². The van der Waals surface area contributed by atoms with E-state index in [1.165, 1.54) is 31.4 Å². The van der Waals surface area contributed by atoms with Crippen LogP contribution in [0.1, 0.15) is 26.2 Å². The highest BCUT2D eigenvalue weighted by Gasteiger charge is 2.02. The monoisotopic (exact) mass is 171 g/mol. The highest BCUT2D eigenvalue weighted by Crippen LogP contribution is 2.07. The summed E-state index contributed by atoms with van der Waals surface area (Å²) in [6.45, 7) is 7.00. The summed E-state index contributed by atoms with van der Waals surface area (Å²) in [5.41, 5.74) is 7.64. The Bertz CT molecular complexity index is 93.6. The molecule has 0 aliphatic rings. The molecule has 11 heavy (non-hydrogen) atoms. The second kappa shape index (κ2) is 8.02. The van der Waals surface area contributed by atoms with Crippen LogP contribution in [0.5, 0.6) is 0 Å². The third kappa shape index (κ3) is 6.32. The minimum absolute atomic E-state index is 0.536. The molecule has 0 fully saturated rings. The van der Waals surface area contributed by atoms with Crippen molar-refractivity contribution in [2.24, 2.45) is 5.73 Å². The van der Waals surface area contributed by atoms with E-state index in [0.717, 1.165) is 6.54 Å². The molecule has 0 aromatic carbocycles. The van der Waals surface area contributed by atoms with Crippen LogP contribution in [-0.4, -0.2) is 15.3 Å². The van der Waals surface area contributed by atoms with E-state index in [2.05, 4.69) is 19.2 Å². The number of hydrogen-bond donors (Lipinski definition) is 1. The summed E-state index contributed by atoms with van der Waals surface area (Å²) in [5.74, 6) is 0. The van der Waals surface area contributed by atoms with Gasteiger partial charge in [0.1, 0.15) is 0 Å². The Hall–Kier alpha value is -0.0831. The van der Waals surface area contributed by atoms with Crippen LogP contribution in [0.15, 0.2) is 12.3 Å². The van der Waals surface area contributed by atoms with E-state index in [-0.39, 0.29) is 0 Å². The average molecular weight is 171 g/mol. The average Bonchev–Trinajstić information content (AvgIpc) is 2.03. The van der Waals surface area contributed by atoms with Gasteiger partial charge in [-0.1, -0.05) is 31.9 Å². The summed E-state index contributed by atoms with van der Waals surface area (Å²) in [6.07, 6.45) is 3.84. The molecule has 0 heterocycles. The van der Waals surface area contributed by atoms with Crippen molar-refractivity contribution in [3.8, 4) is 0 Å². The molecule has 1 unspecified atom stereocenters. The fourth-order valence-electron chi connectivity index (χ4n) is 1.30. The zero-order chi connectivity index (χ0) is 8.53. The lowest BCUT2D eigenvalue weighted by Gasteiger charge is -2.07. The Morgan fingerprint density at radius 1 is 1.36 bits per heavy atom. The Kier molecular flexibility index (Phi) is 7.96. The van der Waals surface area contributed by atoms with Crippen molar-refractivity contribution < 1.29 is 0 Å². The van der Waals surface area contributed by atoms with Crippen LogP contribution in [-0.2, 0) is 0 Å². The quantitative estimate of drug-likeness (QED) is 0.461. The van der Waals surface area contributed by atoms with Crippen molar-refractivity contribution in [2.45, 2.75) is 38.3 Å². The lowest BCUT2D eigenvalue weighted by atomic mass is 10.3. The molecule has 0 aromatic rings. The van der Waals surface area contributed by atoms with Gasteiger partial charge in [-0.15, -0.1) is 12.3 Å². The Labute approximate surface area is 72.3 Å². The van der Waals surface area contributed by atoms with Crippen LogP contribution >= 0.6 is 0 Å². The molecular weight excluding hydrogens is 150 g/mol. The van der Waals surface area contributed by atoms with Crippen molar-refractivity contribution in [3.63, 3.8) is 0 Å². The van der Waals surface area contributed by atoms with Gasteiger partial charge in [0, 0.05) is 0 Å². The summed E-state index contributed by atoms with van der Waals surface area (Å²) in [5, 5.41) is 0. The number of nitrogens with two attached hydrogens (primary N) is 1. The summed E-state index contributed by atoms with van der Waals surface area (Å²) in [6, 6.07) is 2.84. The van der Waals surface area contributed by atoms with Crippen molar-refractivity contribution in [1.82, 2.24) is 0 Å². The van der Waals surface area contributed by atoms with Gasteiger partial charge in [0.2, 0.25) is 0 Å². The first-order valence-corrected chi connectivity index (χ1v) is 6.97. The highest BCUT2D eigenvalue weighted by atomic mass is 28.3. The largest absolute Gasteiger partial charge is 0.330 e. The first-order chi connectivity index (χ1) is 5.35. The lowest BCUT2D eigenvalue weighted by molar-refractivity contribution is 0.798. The minimum Gasteiger partial charge on any atom is -0.330 e. The van der Waals surface area contributed by atoms with Gasteiger partial charge in [0.05, 0.1) is 8.80 Å². The molecule has 2 N–H and O–H groups in total. The van der Waals surface area contributed by atoms with Gasteiger partial charge < -0.3 is 5.73 Å². The highest BCUT2D eigenvalue weighted by molar-refractivity contribution is 6.64. The van der Waals surface area contributed by atoms with Gasteiger partial charge in [-0.05, 0) is 13.0 Å². The molecule has 0 saturated carbocycles. The predicted molar refractivity (Wildman–Crippen MR) is 55.5 cm³/mol. The van der Waals surface area contributed by atoms with Gasteiger partial charge in [0.25, 0.3) is 0 Å². The van der Waals surface area contributed by atoms with E-state index >= 15 is 0 Å². The Balaban J connectivity index is 3.28. The van der Waals surface area contributed by atoms with Crippen LogP contribution in [0.3, 0.4) is 0 Å². The molecule has 0 amide bonds. The normalized spacial score (nSPS) is 12.9. The lowest BCUT2D eigenvalue weighted by Crippen LogP contribution is -2.09. The summed E-state index contributed by atoms with van der Waals surface area (Å²) in [7, 11) is -0.536. The van der Waals surface area contributed by atoms with Gasteiger partial charge in [-0.3, -0.25) is 0 Å². The standard InChI is InChI=1S/C9H21NSi/c1-3-8-11(4-2)9-6-5-7-10/h4,11H,2-3,5-10H2,1H3. The first kappa shape index (κ1) is 10.9. The molecule has 0 aromatic heterocycles. The van der Waals surface area contributed by atoms with Crippen LogP contribution in [0.4, 0.5) is 0 Å². The molecule has 0 rings (SSSR count). The zero-order valence-electron chi connectivity index (χ0n) is 7.68. The summed E-state index contributed by atoms with van der Waals surface area (Å²) < 4.78 is 0. The fourth-order valence-corrected chi connectivity index (χ4v) is 3.62. The molecular formula is C9H21NSi. The number of rotatable bonds is 7. The van der Waals surface area contributed by atoms with E-state index in [9.17, 15) is 0 Å².